The average Bonchev–Trinajstić information content (AvgIpc) is 2.61. The van der Waals surface area contributed by atoms with Gasteiger partial charge in [0.2, 0.25) is 5.88 Å². The third kappa shape index (κ3) is 4.16. The summed E-state index contributed by atoms with van der Waals surface area (Å²) in [6.07, 6.45) is 1.43. The zero-order valence-electron chi connectivity index (χ0n) is 12.8. The van der Waals surface area contributed by atoms with Crippen molar-refractivity contribution < 1.29 is 13.9 Å². The van der Waals surface area contributed by atoms with Crippen LogP contribution in [0, 0.1) is 5.82 Å². The SMILES string of the molecule is O=C(Nc1cccc(F)c1)c1ccc(OCc2ccccc2)nc1. The zero-order valence-corrected chi connectivity index (χ0v) is 12.8. The Morgan fingerprint density at radius 1 is 1.04 bits per heavy atom. The van der Waals surface area contributed by atoms with Gasteiger partial charge in [0.05, 0.1) is 5.56 Å². The van der Waals surface area contributed by atoms with Gasteiger partial charge in [0, 0.05) is 18.0 Å². The summed E-state index contributed by atoms with van der Waals surface area (Å²) in [5.74, 6) is -0.334. The van der Waals surface area contributed by atoms with Crippen LogP contribution in [0.3, 0.4) is 0 Å². The van der Waals surface area contributed by atoms with E-state index in [9.17, 15) is 9.18 Å². The number of amides is 1. The monoisotopic (exact) mass is 322 g/mol. The van der Waals surface area contributed by atoms with Crippen LogP contribution in [0.15, 0.2) is 72.9 Å². The number of rotatable bonds is 5. The first-order valence-corrected chi connectivity index (χ1v) is 7.40. The zero-order chi connectivity index (χ0) is 16.8. The highest BCUT2D eigenvalue weighted by molar-refractivity contribution is 6.04. The molecule has 0 unspecified atom stereocenters. The van der Waals surface area contributed by atoms with E-state index in [4.69, 9.17) is 4.74 Å². The first-order valence-electron chi connectivity index (χ1n) is 7.40. The van der Waals surface area contributed by atoms with E-state index in [0.717, 1.165) is 5.56 Å². The number of benzene rings is 2. The summed E-state index contributed by atoms with van der Waals surface area (Å²) in [5, 5.41) is 2.62. The van der Waals surface area contributed by atoms with E-state index in [2.05, 4.69) is 10.3 Å². The van der Waals surface area contributed by atoms with Gasteiger partial charge in [-0.05, 0) is 29.8 Å². The van der Waals surface area contributed by atoms with E-state index >= 15 is 0 Å². The molecule has 1 N–H and O–H groups in total. The number of anilines is 1. The van der Waals surface area contributed by atoms with Gasteiger partial charge in [0.25, 0.3) is 5.91 Å². The van der Waals surface area contributed by atoms with Crippen molar-refractivity contribution in [3.8, 4) is 5.88 Å². The minimum absolute atomic E-state index is 0.359. The molecule has 1 heterocycles. The molecule has 0 radical (unpaired) electrons. The molecule has 0 atom stereocenters. The second-order valence-corrected chi connectivity index (χ2v) is 5.12. The molecule has 0 spiro atoms. The molecular formula is C19H15FN2O2. The van der Waals surface area contributed by atoms with E-state index in [1.54, 1.807) is 18.2 Å². The average molecular weight is 322 g/mol. The molecule has 3 aromatic rings. The van der Waals surface area contributed by atoms with Crippen LogP contribution in [0.1, 0.15) is 15.9 Å². The summed E-state index contributed by atoms with van der Waals surface area (Å²) in [4.78, 5) is 16.2. The number of nitrogens with one attached hydrogen (secondary N) is 1. The van der Waals surface area contributed by atoms with Crippen LogP contribution in [0.5, 0.6) is 5.88 Å². The highest BCUT2D eigenvalue weighted by Gasteiger charge is 2.08. The quantitative estimate of drug-likeness (QED) is 0.771. The smallest absolute Gasteiger partial charge is 0.257 e. The van der Waals surface area contributed by atoms with E-state index in [0.29, 0.717) is 23.7 Å². The molecule has 5 heteroatoms. The first kappa shape index (κ1) is 15.7. The lowest BCUT2D eigenvalue weighted by atomic mass is 10.2. The van der Waals surface area contributed by atoms with E-state index < -0.39 is 5.82 Å². The molecule has 0 bridgehead atoms. The number of halogens is 1. The second-order valence-electron chi connectivity index (χ2n) is 5.12. The van der Waals surface area contributed by atoms with Crippen molar-refractivity contribution in [2.24, 2.45) is 0 Å². The molecule has 0 fully saturated rings. The van der Waals surface area contributed by atoms with Crippen LogP contribution >= 0.6 is 0 Å². The number of hydrogen-bond acceptors (Lipinski definition) is 3. The standard InChI is InChI=1S/C19H15FN2O2/c20-16-7-4-8-17(11-16)22-19(23)15-9-10-18(21-12-15)24-13-14-5-2-1-3-6-14/h1-12H,13H2,(H,22,23). The minimum atomic E-state index is -0.407. The summed E-state index contributed by atoms with van der Waals surface area (Å²) in [5.41, 5.74) is 1.79. The lowest BCUT2D eigenvalue weighted by Crippen LogP contribution is -2.12. The third-order valence-corrected chi connectivity index (χ3v) is 3.31. The van der Waals surface area contributed by atoms with Crippen LogP contribution in [-0.2, 0) is 6.61 Å². The van der Waals surface area contributed by atoms with Gasteiger partial charge in [-0.2, -0.15) is 0 Å². The van der Waals surface area contributed by atoms with Crippen molar-refractivity contribution in [1.82, 2.24) is 4.98 Å². The Hall–Kier alpha value is -3.21. The van der Waals surface area contributed by atoms with Gasteiger partial charge in [0.15, 0.2) is 0 Å². The number of carbonyl (C=O) groups excluding carboxylic acids is 1. The van der Waals surface area contributed by atoms with Crippen molar-refractivity contribution in [3.05, 3.63) is 89.9 Å². The predicted octanol–water partition coefficient (Wildman–Crippen LogP) is 4.05. The molecule has 1 aromatic heterocycles. The predicted molar refractivity (Wildman–Crippen MR) is 89.4 cm³/mol. The maximum atomic E-state index is 13.1. The molecular weight excluding hydrogens is 307 g/mol. The van der Waals surface area contributed by atoms with Crippen LogP contribution in [-0.4, -0.2) is 10.9 Å². The normalized spacial score (nSPS) is 10.2. The number of nitrogens with zero attached hydrogens (tertiary/aromatic N) is 1. The molecule has 2 aromatic carbocycles. The molecule has 24 heavy (non-hydrogen) atoms. The Bertz CT molecular complexity index is 820. The maximum absolute atomic E-state index is 13.1. The lowest BCUT2D eigenvalue weighted by molar-refractivity contribution is 0.102. The fourth-order valence-corrected chi connectivity index (χ4v) is 2.10. The molecule has 120 valence electrons. The van der Waals surface area contributed by atoms with Gasteiger partial charge in [-0.3, -0.25) is 4.79 Å². The number of hydrogen-bond donors (Lipinski definition) is 1. The fraction of sp³-hybridized carbons (Fsp3) is 0.0526. The molecule has 1 amide bonds. The second kappa shape index (κ2) is 7.37. The highest BCUT2D eigenvalue weighted by Crippen LogP contribution is 2.13. The maximum Gasteiger partial charge on any atom is 0.257 e. The van der Waals surface area contributed by atoms with Crippen LogP contribution < -0.4 is 10.1 Å². The van der Waals surface area contributed by atoms with Crippen molar-refractivity contribution in [1.29, 1.82) is 0 Å². The van der Waals surface area contributed by atoms with Crippen molar-refractivity contribution >= 4 is 11.6 Å². The van der Waals surface area contributed by atoms with Crippen LogP contribution in [0.2, 0.25) is 0 Å². The summed E-state index contributed by atoms with van der Waals surface area (Å²) in [6.45, 7) is 0.405. The summed E-state index contributed by atoms with van der Waals surface area (Å²) < 4.78 is 18.7. The Morgan fingerprint density at radius 3 is 2.58 bits per heavy atom. The Labute approximate surface area is 138 Å². The number of ether oxygens (including phenoxy) is 1. The fourth-order valence-electron chi connectivity index (χ4n) is 2.10. The molecule has 4 nitrogen and oxygen atoms in total. The third-order valence-electron chi connectivity index (χ3n) is 3.31. The van der Waals surface area contributed by atoms with Crippen LogP contribution in [0.4, 0.5) is 10.1 Å². The van der Waals surface area contributed by atoms with Gasteiger partial charge in [0.1, 0.15) is 12.4 Å². The van der Waals surface area contributed by atoms with E-state index in [1.807, 2.05) is 30.3 Å². The van der Waals surface area contributed by atoms with Gasteiger partial charge < -0.3 is 10.1 Å². The number of pyridine rings is 1. The van der Waals surface area contributed by atoms with Crippen molar-refractivity contribution in [3.63, 3.8) is 0 Å². The van der Waals surface area contributed by atoms with Gasteiger partial charge >= 0.3 is 0 Å². The number of aromatic nitrogens is 1. The molecule has 0 aliphatic heterocycles. The molecule has 0 aliphatic rings. The van der Waals surface area contributed by atoms with Gasteiger partial charge in [-0.1, -0.05) is 36.4 Å². The summed E-state index contributed by atoms with van der Waals surface area (Å²) in [7, 11) is 0. The molecule has 3 rings (SSSR count). The number of carbonyl (C=O) groups is 1. The van der Waals surface area contributed by atoms with Crippen molar-refractivity contribution in [2.45, 2.75) is 6.61 Å². The van der Waals surface area contributed by atoms with E-state index in [1.165, 1.54) is 24.4 Å². The van der Waals surface area contributed by atoms with Gasteiger partial charge in [-0.25, -0.2) is 9.37 Å². The molecule has 0 saturated heterocycles. The minimum Gasteiger partial charge on any atom is -0.473 e. The summed E-state index contributed by atoms with van der Waals surface area (Å²) >= 11 is 0. The van der Waals surface area contributed by atoms with Gasteiger partial charge in [-0.15, -0.1) is 0 Å². The molecule has 0 saturated carbocycles. The Morgan fingerprint density at radius 2 is 1.88 bits per heavy atom. The van der Waals surface area contributed by atoms with Crippen molar-refractivity contribution in [2.75, 3.05) is 5.32 Å². The first-order chi connectivity index (χ1) is 11.7. The highest BCUT2D eigenvalue weighted by atomic mass is 19.1. The largest absolute Gasteiger partial charge is 0.473 e. The molecule has 0 aliphatic carbocycles. The summed E-state index contributed by atoms with van der Waals surface area (Å²) in [6, 6.07) is 18.7. The van der Waals surface area contributed by atoms with E-state index in [-0.39, 0.29) is 5.91 Å². The lowest BCUT2D eigenvalue weighted by Gasteiger charge is -2.07. The Kier molecular flexibility index (Phi) is 4.81. The van der Waals surface area contributed by atoms with Crippen LogP contribution in [0.25, 0.3) is 0 Å². The topological polar surface area (TPSA) is 51.2 Å². The Balaban J connectivity index is 1.60.